The highest BCUT2D eigenvalue weighted by Gasteiger charge is 2.28. The molecule has 9 heteroatoms. The van der Waals surface area contributed by atoms with Gasteiger partial charge in [0.2, 0.25) is 5.91 Å². The third-order valence-electron chi connectivity index (χ3n) is 4.48. The molecule has 0 saturated carbocycles. The van der Waals surface area contributed by atoms with Gasteiger partial charge in [0.05, 0.1) is 16.6 Å². The van der Waals surface area contributed by atoms with Crippen LogP contribution in [0.5, 0.6) is 0 Å². The van der Waals surface area contributed by atoms with Gasteiger partial charge < -0.3 is 10.2 Å². The van der Waals surface area contributed by atoms with Gasteiger partial charge in [-0.05, 0) is 35.7 Å². The topological polar surface area (TPSA) is 116 Å². The van der Waals surface area contributed by atoms with E-state index in [1.54, 1.807) is 45.2 Å². The van der Waals surface area contributed by atoms with Gasteiger partial charge in [0.25, 0.3) is 11.6 Å². The van der Waals surface area contributed by atoms with Crippen molar-refractivity contribution in [2.24, 2.45) is 5.92 Å². The molecule has 0 bridgehead atoms. The molecule has 0 heterocycles. The minimum Gasteiger partial charge on any atom is -0.340 e. The van der Waals surface area contributed by atoms with Gasteiger partial charge in [-0.15, -0.1) is 0 Å². The zero-order valence-electron chi connectivity index (χ0n) is 16.8. The zero-order chi connectivity index (χ0) is 22.4. The highest BCUT2D eigenvalue weighted by atomic mass is 35.5. The number of nitriles is 1. The van der Waals surface area contributed by atoms with E-state index in [0.29, 0.717) is 5.56 Å². The van der Waals surface area contributed by atoms with Gasteiger partial charge in [-0.1, -0.05) is 37.6 Å². The van der Waals surface area contributed by atoms with E-state index in [2.05, 4.69) is 11.4 Å². The van der Waals surface area contributed by atoms with E-state index in [0.717, 1.165) is 11.6 Å². The maximum atomic E-state index is 13.0. The molecule has 0 aliphatic rings. The van der Waals surface area contributed by atoms with Crippen LogP contribution in [0.15, 0.2) is 42.5 Å². The minimum absolute atomic E-state index is 0.0360. The normalized spacial score (nSPS) is 11.5. The van der Waals surface area contributed by atoms with Crippen LogP contribution in [-0.4, -0.2) is 34.7 Å². The molecule has 1 N–H and O–H groups in total. The number of nitro groups is 1. The minimum atomic E-state index is -0.837. The quantitative estimate of drug-likeness (QED) is 0.534. The predicted octanol–water partition coefficient (Wildman–Crippen LogP) is 3.53. The number of hydrogen-bond acceptors (Lipinski definition) is 5. The molecular weight excluding hydrogens is 408 g/mol. The molecule has 0 aliphatic carbocycles. The van der Waals surface area contributed by atoms with Gasteiger partial charge in [0.15, 0.2) is 0 Å². The highest BCUT2D eigenvalue weighted by molar-refractivity contribution is 6.32. The Bertz CT molecular complexity index is 1020. The number of likely N-dealkylation sites (N-methyl/N-ethyl adjacent to an activating group) is 1. The molecule has 1 unspecified atom stereocenters. The van der Waals surface area contributed by atoms with Crippen LogP contribution in [0, 0.1) is 27.4 Å². The third-order valence-corrected chi connectivity index (χ3v) is 4.80. The highest BCUT2D eigenvalue weighted by Crippen LogP contribution is 2.25. The van der Waals surface area contributed by atoms with Crippen molar-refractivity contribution in [2.75, 3.05) is 7.05 Å². The second kappa shape index (κ2) is 9.85. The van der Waals surface area contributed by atoms with E-state index < -0.39 is 16.9 Å². The summed E-state index contributed by atoms with van der Waals surface area (Å²) in [5.74, 6) is -1.15. The van der Waals surface area contributed by atoms with E-state index in [-0.39, 0.29) is 34.6 Å². The number of rotatable bonds is 7. The third kappa shape index (κ3) is 5.55. The van der Waals surface area contributed by atoms with Crippen molar-refractivity contribution >= 4 is 29.1 Å². The lowest BCUT2D eigenvalue weighted by Crippen LogP contribution is -2.50. The lowest BCUT2D eigenvalue weighted by atomic mass is 10.0. The Hall–Kier alpha value is -3.44. The van der Waals surface area contributed by atoms with Crippen molar-refractivity contribution in [1.82, 2.24) is 10.2 Å². The summed E-state index contributed by atoms with van der Waals surface area (Å²) in [6.07, 6.45) is 0. The maximum Gasteiger partial charge on any atom is 0.288 e. The summed E-state index contributed by atoms with van der Waals surface area (Å²) in [5, 5.41) is 22.7. The summed E-state index contributed by atoms with van der Waals surface area (Å²) in [7, 11) is 1.61. The second-order valence-corrected chi connectivity index (χ2v) is 7.53. The van der Waals surface area contributed by atoms with E-state index in [4.69, 9.17) is 16.9 Å². The molecule has 0 saturated heterocycles. The average Bonchev–Trinajstić information content (AvgIpc) is 2.71. The van der Waals surface area contributed by atoms with Gasteiger partial charge >= 0.3 is 0 Å². The number of nitrogens with one attached hydrogen (secondary N) is 1. The fraction of sp³-hybridized carbons (Fsp3) is 0.286. The fourth-order valence-corrected chi connectivity index (χ4v) is 3.05. The molecule has 30 heavy (non-hydrogen) atoms. The smallest absolute Gasteiger partial charge is 0.288 e. The number of carbonyl (C=O) groups excluding carboxylic acids is 2. The van der Waals surface area contributed by atoms with Crippen LogP contribution in [-0.2, 0) is 11.3 Å². The molecule has 8 nitrogen and oxygen atoms in total. The number of nitrogens with zero attached hydrogens (tertiary/aromatic N) is 3. The van der Waals surface area contributed by atoms with Crippen molar-refractivity contribution in [2.45, 2.75) is 26.4 Å². The first-order valence-electron chi connectivity index (χ1n) is 9.12. The van der Waals surface area contributed by atoms with Gasteiger partial charge in [0, 0.05) is 25.2 Å². The van der Waals surface area contributed by atoms with Crippen molar-refractivity contribution in [1.29, 1.82) is 5.26 Å². The largest absolute Gasteiger partial charge is 0.340 e. The predicted molar refractivity (Wildman–Crippen MR) is 112 cm³/mol. The zero-order valence-corrected chi connectivity index (χ0v) is 17.5. The fourth-order valence-electron chi connectivity index (χ4n) is 2.86. The van der Waals surface area contributed by atoms with E-state index in [1.165, 1.54) is 17.0 Å². The summed E-state index contributed by atoms with van der Waals surface area (Å²) in [4.78, 5) is 37.4. The van der Waals surface area contributed by atoms with Crippen LogP contribution in [0.1, 0.15) is 35.3 Å². The Labute approximate surface area is 179 Å². The number of hydrogen-bond donors (Lipinski definition) is 1. The molecule has 2 rings (SSSR count). The monoisotopic (exact) mass is 428 g/mol. The van der Waals surface area contributed by atoms with E-state index in [1.807, 2.05) is 0 Å². The maximum absolute atomic E-state index is 13.0. The Morgan fingerprint density at radius 3 is 2.57 bits per heavy atom. The summed E-state index contributed by atoms with van der Waals surface area (Å²) < 4.78 is 0. The van der Waals surface area contributed by atoms with Gasteiger partial charge in [-0.25, -0.2) is 0 Å². The first kappa shape index (κ1) is 22.8. The Morgan fingerprint density at radius 2 is 1.97 bits per heavy atom. The molecule has 0 aromatic heterocycles. The summed E-state index contributed by atoms with van der Waals surface area (Å²) in [6, 6.07) is 11.8. The molecule has 0 spiro atoms. The van der Waals surface area contributed by atoms with Crippen LogP contribution in [0.4, 0.5) is 5.69 Å². The average molecular weight is 429 g/mol. The van der Waals surface area contributed by atoms with Crippen molar-refractivity contribution in [3.8, 4) is 6.07 Å². The number of benzene rings is 2. The molecule has 0 fully saturated rings. The molecular formula is C21H21ClN4O4. The van der Waals surface area contributed by atoms with Gasteiger partial charge in [-0.2, -0.15) is 5.26 Å². The Kier molecular flexibility index (Phi) is 7.50. The summed E-state index contributed by atoms with van der Waals surface area (Å²) in [5.41, 5.74) is 0.929. The lowest BCUT2D eigenvalue weighted by Gasteiger charge is -2.27. The molecule has 0 radical (unpaired) electrons. The first-order chi connectivity index (χ1) is 14.1. The summed E-state index contributed by atoms with van der Waals surface area (Å²) >= 11 is 5.79. The molecule has 2 amide bonds. The number of nitro benzene ring substituents is 1. The molecule has 2 aromatic rings. The second-order valence-electron chi connectivity index (χ2n) is 7.12. The number of halogens is 1. The van der Waals surface area contributed by atoms with Gasteiger partial charge in [0.1, 0.15) is 11.1 Å². The standard InChI is InChI=1S/C21H21ClN4O4/c1-13(2)19(21(28)25(3)12-15-6-4-5-14(9-15)11-23)24-20(27)16-7-8-17(22)18(10-16)26(29)30/h4-10,13,19H,12H2,1-3H3,(H,24,27). The van der Waals surface area contributed by atoms with Crippen molar-refractivity contribution in [3.63, 3.8) is 0 Å². The Morgan fingerprint density at radius 1 is 1.27 bits per heavy atom. The first-order valence-corrected chi connectivity index (χ1v) is 9.50. The lowest BCUT2D eigenvalue weighted by molar-refractivity contribution is -0.384. The molecule has 1 atom stereocenters. The van der Waals surface area contributed by atoms with Crippen LogP contribution in [0.2, 0.25) is 5.02 Å². The molecule has 156 valence electrons. The molecule has 0 aliphatic heterocycles. The number of amides is 2. The summed E-state index contributed by atoms with van der Waals surface area (Å²) in [6.45, 7) is 3.84. The van der Waals surface area contributed by atoms with Crippen LogP contribution >= 0.6 is 11.6 Å². The van der Waals surface area contributed by atoms with Crippen LogP contribution in [0.25, 0.3) is 0 Å². The van der Waals surface area contributed by atoms with Crippen molar-refractivity contribution in [3.05, 3.63) is 74.3 Å². The van der Waals surface area contributed by atoms with E-state index in [9.17, 15) is 19.7 Å². The van der Waals surface area contributed by atoms with Crippen molar-refractivity contribution < 1.29 is 14.5 Å². The molecule has 2 aromatic carbocycles. The SMILES string of the molecule is CC(C)C(NC(=O)c1ccc(Cl)c([N+](=O)[O-])c1)C(=O)N(C)Cc1cccc(C#N)c1. The number of carbonyl (C=O) groups is 2. The van der Waals surface area contributed by atoms with E-state index >= 15 is 0 Å². The van der Waals surface area contributed by atoms with Crippen LogP contribution < -0.4 is 5.32 Å². The van der Waals surface area contributed by atoms with Gasteiger partial charge in [-0.3, -0.25) is 19.7 Å². The Balaban J connectivity index is 2.17. The van der Waals surface area contributed by atoms with Crippen LogP contribution in [0.3, 0.4) is 0 Å².